The monoisotopic (exact) mass is 286 g/mol. The molecule has 0 aliphatic carbocycles. The van der Waals surface area contributed by atoms with Crippen LogP contribution in [0.3, 0.4) is 0 Å². The van der Waals surface area contributed by atoms with Crippen molar-refractivity contribution in [3.8, 4) is 22.1 Å². The summed E-state index contributed by atoms with van der Waals surface area (Å²) in [5.41, 5.74) is 6.17. The highest BCUT2D eigenvalue weighted by Gasteiger charge is 2.18. The molecule has 1 amide bonds. The van der Waals surface area contributed by atoms with Crippen molar-refractivity contribution in [2.75, 3.05) is 0 Å². The van der Waals surface area contributed by atoms with Crippen LogP contribution in [0.25, 0.3) is 20.8 Å². The average Bonchev–Trinajstić information content (AvgIpc) is 2.84. The van der Waals surface area contributed by atoms with Crippen molar-refractivity contribution in [3.63, 3.8) is 0 Å². The third-order valence-corrected chi connectivity index (χ3v) is 4.01. The van der Waals surface area contributed by atoms with Crippen molar-refractivity contribution in [2.45, 2.75) is 0 Å². The van der Waals surface area contributed by atoms with Crippen molar-refractivity contribution in [1.29, 1.82) is 0 Å². The third kappa shape index (κ3) is 1.86. The van der Waals surface area contributed by atoms with Crippen LogP contribution in [0.15, 0.2) is 36.4 Å². The van der Waals surface area contributed by atoms with E-state index in [0.29, 0.717) is 10.6 Å². The van der Waals surface area contributed by atoms with Gasteiger partial charge in [-0.3, -0.25) is 4.79 Å². The standard InChI is InChI=1S/C14H10N2O3S/c15-13(19)7-5-6-8(12(18)11(7)17)14-16-9-3-1-2-4-10(9)20-14/h1-6,17-18H,(H2,15,19). The number of nitrogens with two attached hydrogens (primary N) is 1. The minimum Gasteiger partial charge on any atom is -0.504 e. The number of carbonyl (C=O) groups excluding carboxylic acids is 1. The van der Waals surface area contributed by atoms with Crippen LogP contribution in [0.5, 0.6) is 11.5 Å². The maximum Gasteiger partial charge on any atom is 0.252 e. The van der Waals surface area contributed by atoms with Gasteiger partial charge in [0.2, 0.25) is 0 Å². The number of aromatic nitrogens is 1. The number of phenols is 2. The second-order valence-corrected chi connectivity index (χ2v) is 5.24. The number of benzene rings is 2. The van der Waals surface area contributed by atoms with E-state index in [4.69, 9.17) is 5.73 Å². The number of thiazole rings is 1. The van der Waals surface area contributed by atoms with Crippen molar-refractivity contribution in [1.82, 2.24) is 4.98 Å². The van der Waals surface area contributed by atoms with Crippen molar-refractivity contribution in [2.24, 2.45) is 5.73 Å². The van der Waals surface area contributed by atoms with Gasteiger partial charge in [0.25, 0.3) is 5.91 Å². The summed E-state index contributed by atoms with van der Waals surface area (Å²) in [5, 5.41) is 20.4. The first-order valence-electron chi connectivity index (χ1n) is 5.78. The molecule has 1 heterocycles. The summed E-state index contributed by atoms with van der Waals surface area (Å²) in [7, 11) is 0. The number of nitrogens with zero attached hydrogens (tertiary/aromatic N) is 1. The van der Waals surface area contributed by atoms with E-state index >= 15 is 0 Å². The number of para-hydroxylation sites is 1. The first-order valence-corrected chi connectivity index (χ1v) is 6.60. The fraction of sp³-hybridized carbons (Fsp3) is 0. The van der Waals surface area contributed by atoms with Crippen LogP contribution in [-0.4, -0.2) is 21.1 Å². The fourth-order valence-electron chi connectivity index (χ4n) is 1.94. The Labute approximate surface area is 117 Å². The van der Waals surface area contributed by atoms with Gasteiger partial charge in [-0.2, -0.15) is 0 Å². The molecule has 0 radical (unpaired) electrons. The van der Waals surface area contributed by atoms with E-state index in [2.05, 4.69) is 4.98 Å². The molecule has 3 rings (SSSR count). The molecule has 100 valence electrons. The number of carbonyl (C=O) groups is 1. The second kappa shape index (κ2) is 4.50. The highest BCUT2D eigenvalue weighted by atomic mass is 32.1. The van der Waals surface area contributed by atoms with E-state index in [1.165, 1.54) is 23.5 Å². The number of phenolic OH excluding ortho intramolecular Hbond substituents is 1. The first kappa shape index (κ1) is 12.4. The summed E-state index contributed by atoms with van der Waals surface area (Å²) in [6.07, 6.45) is 0. The molecule has 5 nitrogen and oxygen atoms in total. The van der Waals surface area contributed by atoms with E-state index in [0.717, 1.165) is 10.2 Å². The summed E-state index contributed by atoms with van der Waals surface area (Å²) >= 11 is 1.39. The summed E-state index contributed by atoms with van der Waals surface area (Å²) in [4.78, 5) is 15.5. The Morgan fingerprint density at radius 3 is 2.55 bits per heavy atom. The molecule has 0 atom stereocenters. The second-order valence-electron chi connectivity index (χ2n) is 4.21. The van der Waals surface area contributed by atoms with E-state index in [1.807, 2.05) is 24.3 Å². The number of amides is 1. The molecule has 0 bridgehead atoms. The van der Waals surface area contributed by atoms with E-state index in [-0.39, 0.29) is 11.3 Å². The molecule has 3 aromatic rings. The highest BCUT2D eigenvalue weighted by molar-refractivity contribution is 7.21. The Morgan fingerprint density at radius 2 is 1.85 bits per heavy atom. The Morgan fingerprint density at radius 1 is 1.10 bits per heavy atom. The molecule has 0 saturated carbocycles. The largest absolute Gasteiger partial charge is 0.504 e. The van der Waals surface area contributed by atoms with Gasteiger partial charge in [0.05, 0.1) is 21.3 Å². The lowest BCUT2D eigenvalue weighted by molar-refractivity contribution is 0.0997. The topological polar surface area (TPSA) is 96.4 Å². The number of rotatable bonds is 2. The normalized spacial score (nSPS) is 10.8. The zero-order chi connectivity index (χ0) is 14.3. The zero-order valence-corrected chi connectivity index (χ0v) is 11.0. The van der Waals surface area contributed by atoms with Gasteiger partial charge in [0, 0.05) is 0 Å². The maximum atomic E-state index is 11.1. The lowest BCUT2D eigenvalue weighted by Crippen LogP contribution is -2.11. The van der Waals surface area contributed by atoms with Gasteiger partial charge >= 0.3 is 0 Å². The summed E-state index contributed by atoms with van der Waals surface area (Å²) < 4.78 is 0.973. The number of aromatic hydroxyl groups is 2. The number of hydrogen-bond acceptors (Lipinski definition) is 5. The zero-order valence-electron chi connectivity index (χ0n) is 10.2. The van der Waals surface area contributed by atoms with Crippen molar-refractivity contribution < 1.29 is 15.0 Å². The van der Waals surface area contributed by atoms with E-state index < -0.39 is 11.7 Å². The number of primary amides is 1. The Kier molecular flexibility index (Phi) is 2.80. The summed E-state index contributed by atoms with van der Waals surface area (Å²) in [6, 6.07) is 10.5. The van der Waals surface area contributed by atoms with Gasteiger partial charge in [0.1, 0.15) is 5.01 Å². The van der Waals surface area contributed by atoms with Gasteiger partial charge < -0.3 is 15.9 Å². The highest BCUT2D eigenvalue weighted by Crippen LogP contribution is 2.41. The molecule has 0 aliphatic rings. The van der Waals surface area contributed by atoms with Crippen LogP contribution in [-0.2, 0) is 0 Å². The molecule has 0 aliphatic heterocycles. The lowest BCUT2D eigenvalue weighted by Gasteiger charge is -2.06. The quantitative estimate of drug-likeness (QED) is 0.630. The molecular weight excluding hydrogens is 276 g/mol. The van der Waals surface area contributed by atoms with Crippen LogP contribution in [0.1, 0.15) is 10.4 Å². The van der Waals surface area contributed by atoms with Crippen molar-refractivity contribution >= 4 is 27.5 Å². The molecule has 20 heavy (non-hydrogen) atoms. The average molecular weight is 286 g/mol. The van der Waals surface area contributed by atoms with E-state index in [9.17, 15) is 15.0 Å². The molecule has 0 saturated heterocycles. The summed E-state index contributed by atoms with van der Waals surface area (Å²) in [6.45, 7) is 0. The Hall–Kier alpha value is -2.60. The Balaban J connectivity index is 2.19. The SMILES string of the molecule is NC(=O)c1ccc(-c2nc3ccccc3s2)c(O)c1O. The molecule has 6 heteroatoms. The maximum absolute atomic E-state index is 11.1. The third-order valence-electron chi connectivity index (χ3n) is 2.94. The van der Waals surface area contributed by atoms with Crippen LogP contribution in [0.4, 0.5) is 0 Å². The van der Waals surface area contributed by atoms with Gasteiger partial charge in [-0.15, -0.1) is 11.3 Å². The van der Waals surface area contributed by atoms with Gasteiger partial charge in [-0.25, -0.2) is 4.98 Å². The summed E-state index contributed by atoms with van der Waals surface area (Å²) in [5.74, 6) is -1.71. The predicted octanol–water partition coefficient (Wildman–Crippen LogP) is 2.47. The first-order chi connectivity index (χ1) is 9.58. The molecule has 2 aromatic carbocycles. The smallest absolute Gasteiger partial charge is 0.252 e. The lowest BCUT2D eigenvalue weighted by atomic mass is 10.1. The molecule has 4 N–H and O–H groups in total. The van der Waals surface area contributed by atoms with Crippen LogP contribution in [0.2, 0.25) is 0 Å². The fourth-order valence-corrected chi connectivity index (χ4v) is 2.93. The van der Waals surface area contributed by atoms with Gasteiger partial charge in [0.15, 0.2) is 11.5 Å². The Bertz CT molecular complexity index is 793. The predicted molar refractivity (Wildman–Crippen MR) is 76.9 cm³/mol. The van der Waals surface area contributed by atoms with Crippen LogP contribution in [0, 0.1) is 0 Å². The molecule has 0 spiro atoms. The van der Waals surface area contributed by atoms with Gasteiger partial charge in [-0.1, -0.05) is 12.1 Å². The minimum atomic E-state index is -0.798. The molecular formula is C14H10N2O3S. The van der Waals surface area contributed by atoms with E-state index in [1.54, 1.807) is 0 Å². The molecule has 0 unspecified atom stereocenters. The van der Waals surface area contributed by atoms with Crippen molar-refractivity contribution in [3.05, 3.63) is 42.0 Å². The molecule has 0 fully saturated rings. The van der Waals surface area contributed by atoms with Crippen LogP contribution < -0.4 is 5.73 Å². The minimum absolute atomic E-state index is 0.118. The van der Waals surface area contributed by atoms with Crippen LogP contribution >= 0.6 is 11.3 Å². The number of fused-ring (bicyclic) bond motifs is 1. The molecule has 1 aromatic heterocycles. The number of hydrogen-bond donors (Lipinski definition) is 3. The van der Waals surface area contributed by atoms with Gasteiger partial charge in [-0.05, 0) is 24.3 Å².